The molecule has 4 rings (SSSR count). The van der Waals surface area contributed by atoms with Gasteiger partial charge in [-0.1, -0.05) is 92.5 Å². The predicted octanol–water partition coefficient (Wildman–Crippen LogP) is 4.57. The number of carbonyl (C=O) groups excluding carboxylic acids is 2. The maximum Gasteiger partial charge on any atom is 0.243 e. The van der Waals surface area contributed by atoms with Gasteiger partial charge in [0.15, 0.2) is 0 Å². The van der Waals surface area contributed by atoms with Crippen LogP contribution in [0.5, 0.6) is 0 Å². The first kappa shape index (κ1) is 32.2. The van der Waals surface area contributed by atoms with Gasteiger partial charge in [0.05, 0.1) is 24.9 Å². The van der Waals surface area contributed by atoms with E-state index in [9.17, 15) is 14.7 Å². The minimum absolute atomic E-state index is 0.0285. The number of hydrogen-bond donors (Lipinski definition) is 3. The highest BCUT2D eigenvalue weighted by molar-refractivity contribution is 5.88. The Morgan fingerprint density at radius 3 is 2.69 bits per heavy atom. The summed E-state index contributed by atoms with van der Waals surface area (Å²) in [4.78, 5) is 28.8. The zero-order valence-corrected chi connectivity index (χ0v) is 26.1. The number of allylic oxidation sites excluding steroid dienone is 2. The van der Waals surface area contributed by atoms with Gasteiger partial charge in [0.2, 0.25) is 11.8 Å². The van der Waals surface area contributed by atoms with E-state index in [0.29, 0.717) is 37.8 Å². The summed E-state index contributed by atoms with van der Waals surface area (Å²) in [7, 11) is 1.73. The lowest BCUT2D eigenvalue weighted by molar-refractivity contribution is -0.142. The maximum absolute atomic E-state index is 13.9. The molecule has 8 atom stereocenters. The molecule has 2 amide bonds. The molecule has 0 radical (unpaired) electrons. The smallest absolute Gasteiger partial charge is 0.243 e. The highest BCUT2D eigenvalue weighted by Crippen LogP contribution is 2.43. The van der Waals surface area contributed by atoms with Crippen LogP contribution in [0.25, 0.3) is 0 Å². The van der Waals surface area contributed by atoms with E-state index in [4.69, 9.17) is 4.74 Å². The molecular weight excluding hydrogens is 526 g/mol. The predicted molar refractivity (Wildman–Crippen MR) is 168 cm³/mol. The highest BCUT2D eigenvalue weighted by Gasteiger charge is 2.45. The normalized spacial score (nSPS) is 31.1. The van der Waals surface area contributed by atoms with Gasteiger partial charge >= 0.3 is 0 Å². The van der Waals surface area contributed by atoms with Gasteiger partial charge in [-0.15, -0.1) is 0 Å². The fourth-order valence-corrected chi connectivity index (χ4v) is 6.96. The zero-order valence-electron chi connectivity index (χ0n) is 26.1. The molecule has 2 bridgehead atoms. The Kier molecular flexibility index (Phi) is 11.6. The highest BCUT2D eigenvalue weighted by atomic mass is 16.5. The van der Waals surface area contributed by atoms with Gasteiger partial charge in [0.25, 0.3) is 0 Å². The number of hydrogen-bond acceptors (Lipinski definition) is 5. The van der Waals surface area contributed by atoms with E-state index < -0.39 is 18.2 Å². The number of nitrogens with one attached hydrogen (secondary N) is 2. The Bertz CT molecular complexity index is 1150. The number of β-amino-alcohol motifs (C(OH)–C–C–N with tert-alkyl or cyclic N) is 1. The van der Waals surface area contributed by atoms with Crippen molar-refractivity contribution in [3.8, 4) is 0 Å². The molecule has 2 aliphatic carbocycles. The quantitative estimate of drug-likeness (QED) is 0.413. The minimum Gasteiger partial charge on any atom is -0.390 e. The molecule has 3 aliphatic rings. The number of nitrogens with zero attached hydrogens (tertiary/aromatic N) is 1. The van der Waals surface area contributed by atoms with Gasteiger partial charge in [-0.05, 0) is 45.1 Å². The van der Waals surface area contributed by atoms with Crippen molar-refractivity contribution < 1.29 is 19.4 Å². The van der Waals surface area contributed by atoms with Crippen molar-refractivity contribution >= 4 is 11.8 Å². The molecule has 7 heteroatoms. The van der Waals surface area contributed by atoms with Gasteiger partial charge < -0.3 is 25.4 Å². The van der Waals surface area contributed by atoms with E-state index in [2.05, 4.69) is 43.6 Å². The summed E-state index contributed by atoms with van der Waals surface area (Å²) >= 11 is 0. The second-order valence-electron chi connectivity index (χ2n) is 12.6. The van der Waals surface area contributed by atoms with Crippen molar-refractivity contribution in [1.29, 1.82) is 0 Å². The van der Waals surface area contributed by atoms with Crippen LogP contribution in [-0.4, -0.2) is 72.4 Å². The largest absolute Gasteiger partial charge is 0.390 e. The fourth-order valence-electron chi connectivity index (χ4n) is 6.96. The molecule has 7 nitrogen and oxygen atoms in total. The van der Waals surface area contributed by atoms with Crippen LogP contribution in [0.3, 0.4) is 0 Å². The summed E-state index contributed by atoms with van der Waals surface area (Å²) in [5.74, 6) is 0.159. The van der Waals surface area contributed by atoms with Gasteiger partial charge in [-0.2, -0.15) is 0 Å². The monoisotopic (exact) mass is 577 g/mol. The lowest BCUT2D eigenvalue weighted by atomic mass is 9.81. The molecule has 1 heterocycles. The van der Waals surface area contributed by atoms with Crippen LogP contribution in [-0.2, 0) is 20.7 Å². The maximum atomic E-state index is 13.9. The van der Waals surface area contributed by atoms with Gasteiger partial charge in [-0.25, -0.2) is 0 Å². The first-order chi connectivity index (χ1) is 20.2. The summed E-state index contributed by atoms with van der Waals surface area (Å²) < 4.78 is 6.42. The summed E-state index contributed by atoms with van der Waals surface area (Å²) in [6, 6.07) is 8.90. The van der Waals surface area contributed by atoms with Crippen molar-refractivity contribution in [2.45, 2.75) is 96.6 Å². The summed E-state index contributed by atoms with van der Waals surface area (Å²) in [5.41, 5.74) is 3.64. The molecule has 1 aromatic carbocycles. The number of aliphatic hydroxyl groups excluding tert-OH is 1. The van der Waals surface area contributed by atoms with Crippen LogP contribution >= 0.6 is 0 Å². The van der Waals surface area contributed by atoms with Crippen LogP contribution in [0.4, 0.5) is 0 Å². The average molecular weight is 578 g/mol. The number of aliphatic hydroxyl groups is 1. The topological polar surface area (TPSA) is 90.9 Å². The van der Waals surface area contributed by atoms with Gasteiger partial charge in [0, 0.05) is 37.4 Å². The molecule has 3 N–H and O–H groups in total. The number of fused-ring (bicyclic) bond motifs is 5. The third-order valence-corrected chi connectivity index (χ3v) is 9.34. The van der Waals surface area contributed by atoms with E-state index in [-0.39, 0.29) is 29.9 Å². The molecule has 1 fully saturated rings. The molecule has 0 spiro atoms. The molecule has 1 saturated carbocycles. The molecule has 42 heavy (non-hydrogen) atoms. The molecular formula is C35H51N3O4. The standard InChI is InChI=1S/C35H51N3O4/c1-6-7-13-24(3)35(41)38(5)30-16-11-12-17-42-32-21-28(27-19-23(2)18-25(4)33(27)32)36-22-31(39)29(37-34(30)40)20-26-14-9-8-10-15-26/h8-12,14-15,18-19,24,27-33,36,39H,6-7,13,16-17,20-22H2,1-5H3,(H,37,40)/t24-,27?,28-,29-,30-,31+,32+,33?/m0/s1. The van der Waals surface area contributed by atoms with E-state index in [0.717, 1.165) is 31.2 Å². The molecule has 0 aromatic heterocycles. The fraction of sp³-hybridized carbons (Fsp3) is 0.600. The number of rotatable bonds is 7. The molecule has 230 valence electrons. The SMILES string of the molecule is CCCC[C@H](C)C(=O)N(C)[C@H]1CC=CCO[C@@H]2C[C@H](NC[C@@H](O)[C@H](Cc3ccccc3)NC1=O)C1C=C(C)C=C(C)C12. The third kappa shape index (κ3) is 8.00. The van der Waals surface area contributed by atoms with Gasteiger partial charge in [0.1, 0.15) is 6.04 Å². The average Bonchev–Trinajstić information content (AvgIpc) is 3.32. The number of likely N-dealkylation sites (N-methyl/N-ethyl adjacent to an activating group) is 1. The number of carbonyl (C=O) groups is 2. The summed E-state index contributed by atoms with van der Waals surface area (Å²) in [6.45, 7) is 9.19. The number of unbranched alkanes of at least 4 members (excludes halogenated alkanes) is 1. The van der Waals surface area contributed by atoms with Crippen molar-refractivity contribution in [3.05, 3.63) is 71.3 Å². The molecule has 2 unspecified atom stereocenters. The van der Waals surface area contributed by atoms with Crippen LogP contribution in [0.1, 0.15) is 65.4 Å². The van der Waals surface area contributed by atoms with Crippen molar-refractivity contribution in [1.82, 2.24) is 15.5 Å². The third-order valence-electron chi connectivity index (χ3n) is 9.34. The lowest BCUT2D eigenvalue weighted by Gasteiger charge is -2.33. The Labute approximate surface area is 252 Å². The Morgan fingerprint density at radius 2 is 1.95 bits per heavy atom. The van der Waals surface area contributed by atoms with E-state index in [1.54, 1.807) is 11.9 Å². The number of amides is 2. The number of benzene rings is 1. The first-order valence-corrected chi connectivity index (χ1v) is 15.8. The van der Waals surface area contributed by atoms with Gasteiger partial charge in [-0.3, -0.25) is 9.59 Å². The van der Waals surface area contributed by atoms with E-state index >= 15 is 0 Å². The number of ether oxygens (including phenoxy) is 1. The van der Waals surface area contributed by atoms with E-state index in [1.165, 1.54) is 11.1 Å². The van der Waals surface area contributed by atoms with Crippen molar-refractivity contribution in [3.63, 3.8) is 0 Å². The lowest BCUT2D eigenvalue weighted by Crippen LogP contribution is -2.56. The Hall–Kier alpha value is -2.74. The summed E-state index contributed by atoms with van der Waals surface area (Å²) in [6.07, 6.45) is 12.3. The Morgan fingerprint density at radius 1 is 1.19 bits per heavy atom. The van der Waals surface area contributed by atoms with Crippen LogP contribution in [0.15, 0.2) is 65.8 Å². The molecule has 1 aromatic rings. The van der Waals surface area contributed by atoms with Crippen LogP contribution in [0.2, 0.25) is 0 Å². The van der Waals surface area contributed by atoms with Crippen LogP contribution < -0.4 is 10.6 Å². The second kappa shape index (κ2) is 15.1. The summed E-state index contributed by atoms with van der Waals surface area (Å²) in [5, 5.41) is 18.3. The Balaban J connectivity index is 1.60. The molecule has 1 aliphatic heterocycles. The minimum atomic E-state index is -0.816. The van der Waals surface area contributed by atoms with E-state index in [1.807, 2.05) is 49.4 Å². The van der Waals surface area contributed by atoms with Crippen molar-refractivity contribution in [2.24, 2.45) is 17.8 Å². The molecule has 0 saturated heterocycles. The zero-order chi connectivity index (χ0) is 30.2. The second-order valence-corrected chi connectivity index (χ2v) is 12.6. The first-order valence-electron chi connectivity index (χ1n) is 15.8. The van der Waals surface area contributed by atoms with Crippen LogP contribution in [0, 0.1) is 17.8 Å². The van der Waals surface area contributed by atoms with Crippen molar-refractivity contribution in [2.75, 3.05) is 20.2 Å².